The minimum atomic E-state index is -0.828. The predicted molar refractivity (Wildman–Crippen MR) is 84.6 cm³/mol. The van der Waals surface area contributed by atoms with Crippen molar-refractivity contribution in [3.63, 3.8) is 0 Å². The Bertz CT molecular complexity index is 569. The molecule has 0 saturated heterocycles. The number of hydrogen-bond donors (Lipinski definition) is 1. The minimum absolute atomic E-state index is 0.0119. The van der Waals surface area contributed by atoms with Crippen molar-refractivity contribution in [2.45, 2.75) is 26.3 Å². The van der Waals surface area contributed by atoms with Gasteiger partial charge >= 0.3 is 5.97 Å². The smallest absolute Gasteiger partial charge is 0.309 e. The van der Waals surface area contributed by atoms with Crippen molar-refractivity contribution >= 4 is 17.3 Å². The molecule has 0 aliphatic carbocycles. The molecule has 0 saturated carbocycles. The molecule has 21 heavy (non-hydrogen) atoms. The molecule has 1 aromatic heterocycles. The van der Waals surface area contributed by atoms with E-state index >= 15 is 0 Å². The summed E-state index contributed by atoms with van der Waals surface area (Å²) in [5.41, 5.74) is 1.97. The summed E-state index contributed by atoms with van der Waals surface area (Å²) in [7, 11) is 0. The molecule has 0 atom stereocenters. The molecule has 0 radical (unpaired) electrons. The molecule has 1 N–H and O–H groups in total. The largest absolute Gasteiger partial charge is 0.481 e. The molecular formula is C16H20N2O2S. The van der Waals surface area contributed by atoms with Crippen LogP contribution in [-0.4, -0.2) is 34.0 Å². The summed E-state index contributed by atoms with van der Waals surface area (Å²) >= 11 is 1.55. The first-order valence-electron chi connectivity index (χ1n) is 7.08. The fraction of sp³-hybridized carbons (Fsp3) is 0.375. The lowest BCUT2D eigenvalue weighted by molar-refractivity contribution is -0.136. The number of aliphatic carboxylic acids is 1. The van der Waals surface area contributed by atoms with Crippen molar-refractivity contribution in [2.75, 3.05) is 13.1 Å². The van der Waals surface area contributed by atoms with Gasteiger partial charge in [-0.1, -0.05) is 37.3 Å². The molecule has 2 aromatic rings. The van der Waals surface area contributed by atoms with E-state index in [4.69, 9.17) is 5.11 Å². The lowest BCUT2D eigenvalue weighted by Crippen LogP contribution is -2.25. The molecule has 0 amide bonds. The first kappa shape index (κ1) is 15.7. The molecule has 5 heteroatoms. The van der Waals surface area contributed by atoms with Crippen LogP contribution in [0.4, 0.5) is 0 Å². The van der Waals surface area contributed by atoms with Crippen molar-refractivity contribution < 1.29 is 9.90 Å². The van der Waals surface area contributed by atoms with Gasteiger partial charge in [-0.25, -0.2) is 4.98 Å². The van der Waals surface area contributed by atoms with Crippen molar-refractivity contribution in [1.29, 1.82) is 0 Å². The number of aromatic nitrogens is 1. The van der Waals surface area contributed by atoms with Gasteiger partial charge < -0.3 is 5.11 Å². The molecule has 0 aliphatic rings. The highest BCUT2D eigenvalue weighted by Crippen LogP contribution is 2.12. The Morgan fingerprint density at radius 2 is 2.10 bits per heavy atom. The maximum Gasteiger partial charge on any atom is 0.309 e. The zero-order valence-corrected chi connectivity index (χ0v) is 13.0. The first-order chi connectivity index (χ1) is 10.2. The van der Waals surface area contributed by atoms with Crippen molar-refractivity contribution in [1.82, 2.24) is 9.88 Å². The quantitative estimate of drug-likeness (QED) is 0.815. The summed E-state index contributed by atoms with van der Waals surface area (Å²) in [5.74, 6) is -0.828. The Morgan fingerprint density at radius 3 is 2.76 bits per heavy atom. The number of hydrogen-bond acceptors (Lipinski definition) is 4. The SMILES string of the molecule is CCN(CCc1nc(CC(=O)O)cs1)Cc1ccccc1. The number of carboxylic acid groups (broad SMARTS) is 1. The average Bonchev–Trinajstić information content (AvgIpc) is 2.91. The second-order valence-corrected chi connectivity index (χ2v) is 5.85. The van der Waals surface area contributed by atoms with Crippen LogP contribution in [0, 0.1) is 0 Å². The fourth-order valence-electron chi connectivity index (χ4n) is 2.14. The average molecular weight is 304 g/mol. The standard InChI is InChI=1S/C16H20N2O2S/c1-2-18(11-13-6-4-3-5-7-13)9-8-15-17-14(12-21-15)10-16(19)20/h3-7,12H,2,8-11H2,1H3,(H,19,20). The number of benzene rings is 1. The molecular weight excluding hydrogens is 284 g/mol. The summed E-state index contributed by atoms with van der Waals surface area (Å²) in [4.78, 5) is 17.4. The lowest BCUT2D eigenvalue weighted by Gasteiger charge is -2.19. The predicted octanol–water partition coefficient (Wildman–Crippen LogP) is 2.83. The Hall–Kier alpha value is -1.72. The maximum absolute atomic E-state index is 10.6. The Labute approximate surface area is 129 Å². The maximum atomic E-state index is 10.6. The summed E-state index contributed by atoms with van der Waals surface area (Å²) in [6, 6.07) is 10.4. The minimum Gasteiger partial charge on any atom is -0.481 e. The number of carboxylic acids is 1. The molecule has 1 heterocycles. The molecule has 0 aliphatic heterocycles. The highest BCUT2D eigenvalue weighted by atomic mass is 32.1. The Kier molecular flexibility index (Phi) is 5.90. The number of nitrogens with zero attached hydrogens (tertiary/aromatic N) is 2. The fourth-order valence-corrected chi connectivity index (χ4v) is 2.93. The van der Waals surface area contributed by atoms with Crippen LogP contribution in [0.2, 0.25) is 0 Å². The van der Waals surface area contributed by atoms with Gasteiger partial charge in [-0.2, -0.15) is 0 Å². The topological polar surface area (TPSA) is 53.4 Å². The van der Waals surface area contributed by atoms with E-state index in [2.05, 4.69) is 41.1 Å². The number of likely N-dealkylation sites (N-methyl/N-ethyl adjacent to an activating group) is 1. The monoisotopic (exact) mass is 304 g/mol. The van der Waals surface area contributed by atoms with Crippen molar-refractivity contribution in [2.24, 2.45) is 0 Å². The zero-order chi connectivity index (χ0) is 15.1. The normalized spacial score (nSPS) is 11.0. The van der Waals surface area contributed by atoms with E-state index < -0.39 is 5.97 Å². The first-order valence-corrected chi connectivity index (χ1v) is 7.96. The van der Waals surface area contributed by atoms with Gasteiger partial charge in [0.1, 0.15) is 0 Å². The molecule has 0 fully saturated rings. The van der Waals surface area contributed by atoms with Crippen LogP contribution in [0.5, 0.6) is 0 Å². The van der Waals surface area contributed by atoms with Crippen LogP contribution in [0.15, 0.2) is 35.7 Å². The summed E-state index contributed by atoms with van der Waals surface area (Å²) < 4.78 is 0. The third-order valence-electron chi connectivity index (χ3n) is 3.27. The van der Waals surface area contributed by atoms with Gasteiger partial charge in [-0.05, 0) is 12.1 Å². The Morgan fingerprint density at radius 1 is 1.33 bits per heavy atom. The van der Waals surface area contributed by atoms with E-state index in [1.807, 2.05) is 11.4 Å². The third kappa shape index (κ3) is 5.28. The molecule has 1 aromatic carbocycles. The third-order valence-corrected chi connectivity index (χ3v) is 4.23. The van der Waals surface area contributed by atoms with Gasteiger partial charge in [0.05, 0.1) is 17.1 Å². The van der Waals surface area contributed by atoms with Crippen molar-refractivity contribution in [3.05, 3.63) is 52.0 Å². The summed E-state index contributed by atoms with van der Waals surface area (Å²) in [6.07, 6.45) is 0.878. The molecule has 0 bridgehead atoms. The number of thiazole rings is 1. The second-order valence-electron chi connectivity index (χ2n) is 4.91. The van der Waals surface area contributed by atoms with Gasteiger partial charge in [0, 0.05) is 24.9 Å². The van der Waals surface area contributed by atoms with E-state index in [9.17, 15) is 4.79 Å². The summed E-state index contributed by atoms with van der Waals surface area (Å²) in [5, 5.41) is 11.6. The molecule has 0 unspecified atom stereocenters. The van der Waals surface area contributed by atoms with Crippen molar-refractivity contribution in [3.8, 4) is 0 Å². The molecule has 0 spiro atoms. The van der Waals surface area contributed by atoms with Crippen LogP contribution in [-0.2, 0) is 24.2 Å². The van der Waals surface area contributed by atoms with Crippen LogP contribution in [0.1, 0.15) is 23.2 Å². The van der Waals surface area contributed by atoms with Crippen LogP contribution in [0.25, 0.3) is 0 Å². The van der Waals surface area contributed by atoms with E-state index in [0.717, 1.165) is 31.1 Å². The summed E-state index contributed by atoms with van der Waals surface area (Å²) in [6.45, 7) is 5.01. The molecule has 4 nitrogen and oxygen atoms in total. The molecule has 112 valence electrons. The highest BCUT2D eigenvalue weighted by Gasteiger charge is 2.08. The Balaban J connectivity index is 1.85. The highest BCUT2D eigenvalue weighted by molar-refractivity contribution is 7.09. The second kappa shape index (κ2) is 7.90. The molecule has 2 rings (SSSR count). The van der Waals surface area contributed by atoms with E-state index in [1.165, 1.54) is 5.56 Å². The van der Waals surface area contributed by atoms with Crippen LogP contribution in [0.3, 0.4) is 0 Å². The van der Waals surface area contributed by atoms with E-state index in [0.29, 0.717) is 5.69 Å². The van der Waals surface area contributed by atoms with Gasteiger partial charge in [-0.3, -0.25) is 9.69 Å². The van der Waals surface area contributed by atoms with Crippen LogP contribution >= 0.6 is 11.3 Å². The van der Waals surface area contributed by atoms with Gasteiger partial charge in [0.15, 0.2) is 0 Å². The zero-order valence-electron chi connectivity index (χ0n) is 12.2. The number of carbonyl (C=O) groups is 1. The van der Waals surface area contributed by atoms with Gasteiger partial charge in [-0.15, -0.1) is 11.3 Å². The lowest BCUT2D eigenvalue weighted by atomic mass is 10.2. The number of rotatable bonds is 8. The van der Waals surface area contributed by atoms with Crippen LogP contribution < -0.4 is 0 Å². The van der Waals surface area contributed by atoms with E-state index in [1.54, 1.807) is 11.3 Å². The van der Waals surface area contributed by atoms with E-state index in [-0.39, 0.29) is 6.42 Å². The van der Waals surface area contributed by atoms with Gasteiger partial charge in [0.25, 0.3) is 0 Å². The van der Waals surface area contributed by atoms with Gasteiger partial charge in [0.2, 0.25) is 0 Å².